The first-order valence-electron chi connectivity index (χ1n) is 9.85. The van der Waals surface area contributed by atoms with Gasteiger partial charge in [0.05, 0.1) is 19.5 Å². The van der Waals surface area contributed by atoms with Crippen molar-refractivity contribution in [1.29, 1.82) is 0 Å². The van der Waals surface area contributed by atoms with Gasteiger partial charge in [-0.05, 0) is 50.1 Å². The van der Waals surface area contributed by atoms with E-state index in [-0.39, 0.29) is 11.9 Å². The van der Waals surface area contributed by atoms with E-state index in [0.29, 0.717) is 24.0 Å². The van der Waals surface area contributed by atoms with Crippen LogP contribution in [0, 0.1) is 0 Å². The number of fused-ring (bicyclic) bond motifs is 1. The fourth-order valence-corrected chi connectivity index (χ4v) is 3.47. The molecule has 1 N–H and O–H groups in total. The van der Waals surface area contributed by atoms with E-state index >= 15 is 0 Å². The zero-order valence-corrected chi connectivity index (χ0v) is 18.4. The Kier molecular flexibility index (Phi) is 7.19. The van der Waals surface area contributed by atoms with E-state index in [1.165, 1.54) is 0 Å². The molecule has 0 bridgehead atoms. The lowest BCUT2D eigenvalue weighted by Gasteiger charge is -2.13. The Morgan fingerprint density at radius 2 is 2.00 bits per heavy atom. The summed E-state index contributed by atoms with van der Waals surface area (Å²) in [6.07, 6.45) is 3.31. The van der Waals surface area contributed by atoms with Crippen molar-refractivity contribution in [2.45, 2.75) is 26.8 Å². The maximum Gasteiger partial charge on any atom is 0.244 e. The molecule has 3 aromatic rings. The van der Waals surface area contributed by atoms with Gasteiger partial charge >= 0.3 is 0 Å². The van der Waals surface area contributed by atoms with Crippen LogP contribution in [0.3, 0.4) is 0 Å². The van der Waals surface area contributed by atoms with Crippen molar-refractivity contribution in [2.75, 3.05) is 20.3 Å². The van der Waals surface area contributed by atoms with E-state index in [0.717, 1.165) is 33.2 Å². The number of methoxy groups -OCH3 is 1. The molecule has 0 fully saturated rings. The topological polar surface area (TPSA) is 60.7 Å². The maximum absolute atomic E-state index is 12.4. The second-order valence-corrected chi connectivity index (χ2v) is 7.56. The maximum atomic E-state index is 12.4. The Hall–Kier alpha value is -2.76. The molecule has 0 spiro atoms. The predicted molar refractivity (Wildman–Crippen MR) is 121 cm³/mol. The third-order valence-electron chi connectivity index (χ3n) is 4.71. The van der Waals surface area contributed by atoms with Crippen LogP contribution in [-0.4, -0.2) is 32.3 Å². The number of hydrogen-bond donors (Lipinski definition) is 1. The van der Waals surface area contributed by atoms with E-state index in [4.69, 9.17) is 25.5 Å². The summed E-state index contributed by atoms with van der Waals surface area (Å²) in [7, 11) is 1.61. The molecular formula is C24H26ClNO4. The zero-order valence-electron chi connectivity index (χ0n) is 17.6. The van der Waals surface area contributed by atoms with Gasteiger partial charge < -0.3 is 19.2 Å². The molecule has 2 aromatic carbocycles. The number of nitrogens with one attached hydrogen (secondary N) is 1. The minimum atomic E-state index is -0.176. The summed E-state index contributed by atoms with van der Waals surface area (Å²) in [4.78, 5) is 12.4. The molecule has 0 radical (unpaired) electrons. The van der Waals surface area contributed by atoms with Crippen molar-refractivity contribution < 1.29 is 18.7 Å². The van der Waals surface area contributed by atoms with Crippen molar-refractivity contribution in [2.24, 2.45) is 0 Å². The summed E-state index contributed by atoms with van der Waals surface area (Å²) < 4.78 is 16.7. The van der Waals surface area contributed by atoms with Gasteiger partial charge in [0.15, 0.2) is 0 Å². The number of furan rings is 1. The number of ether oxygens (including phenoxy) is 2. The monoisotopic (exact) mass is 427 g/mol. The Labute approximate surface area is 181 Å². The number of halogens is 1. The van der Waals surface area contributed by atoms with E-state index in [2.05, 4.69) is 5.32 Å². The summed E-state index contributed by atoms with van der Waals surface area (Å²) in [6, 6.07) is 11.4. The Bertz CT molecular complexity index is 1050. The Morgan fingerprint density at radius 3 is 2.67 bits per heavy atom. The van der Waals surface area contributed by atoms with Crippen LogP contribution in [-0.2, 0) is 9.53 Å². The zero-order chi connectivity index (χ0) is 21.7. The molecule has 6 heteroatoms. The minimum absolute atomic E-state index is 0.0780. The fraction of sp³-hybridized carbons (Fsp3) is 0.292. The predicted octanol–water partition coefficient (Wildman–Crippen LogP) is 5.71. The van der Waals surface area contributed by atoms with Gasteiger partial charge in [-0.3, -0.25) is 4.79 Å². The van der Waals surface area contributed by atoms with Gasteiger partial charge in [-0.2, -0.15) is 0 Å². The number of rotatable bonds is 8. The number of amides is 1. The molecule has 0 aliphatic carbocycles. The molecule has 1 amide bonds. The first kappa shape index (κ1) is 21.9. The number of hydrogen-bond acceptors (Lipinski definition) is 4. The van der Waals surface area contributed by atoms with Gasteiger partial charge in [0.25, 0.3) is 0 Å². The number of allylic oxidation sites excluding steroid dienone is 1. The lowest BCUT2D eigenvalue weighted by molar-refractivity contribution is -0.117. The van der Waals surface area contributed by atoms with Crippen LogP contribution in [0.2, 0.25) is 5.02 Å². The smallest absolute Gasteiger partial charge is 0.244 e. The molecule has 1 heterocycles. The largest absolute Gasteiger partial charge is 0.493 e. The molecule has 30 heavy (non-hydrogen) atoms. The second kappa shape index (κ2) is 9.83. The average molecular weight is 428 g/mol. The van der Waals surface area contributed by atoms with Crippen molar-refractivity contribution in [3.8, 4) is 16.9 Å². The number of benzene rings is 2. The number of carbonyl (C=O) groups is 1. The molecule has 1 unspecified atom stereocenters. The minimum Gasteiger partial charge on any atom is -0.493 e. The highest BCUT2D eigenvalue weighted by molar-refractivity contribution is 6.30. The van der Waals surface area contributed by atoms with Gasteiger partial charge in [0.1, 0.15) is 11.3 Å². The van der Waals surface area contributed by atoms with Crippen LogP contribution in [0.5, 0.6) is 5.75 Å². The molecule has 0 saturated carbocycles. The highest BCUT2D eigenvalue weighted by Crippen LogP contribution is 2.37. The van der Waals surface area contributed by atoms with Crippen molar-refractivity contribution in [1.82, 2.24) is 5.32 Å². The van der Waals surface area contributed by atoms with Gasteiger partial charge in [-0.15, -0.1) is 0 Å². The average Bonchev–Trinajstić information content (AvgIpc) is 3.11. The van der Waals surface area contributed by atoms with Crippen molar-refractivity contribution in [3.05, 3.63) is 59.3 Å². The molecule has 1 atom stereocenters. The molecular weight excluding hydrogens is 402 g/mol. The molecule has 0 saturated heterocycles. The standard InChI is InChI=1S/C24H26ClNO4/c1-5-29-22-12-23-20(21(14-30-23)17-6-8-18(25)9-7-17)11-19(22)15(2)10-24(27)26-16(3)13-28-4/h6-12,14,16H,5,13H2,1-4H3,(H,26,27)/b15-10+. The molecule has 5 nitrogen and oxygen atoms in total. The third-order valence-corrected chi connectivity index (χ3v) is 4.96. The first-order valence-corrected chi connectivity index (χ1v) is 10.2. The highest BCUT2D eigenvalue weighted by Gasteiger charge is 2.15. The van der Waals surface area contributed by atoms with Crippen LogP contribution in [0.15, 0.2) is 53.2 Å². The van der Waals surface area contributed by atoms with Gasteiger partial charge in [0, 0.05) is 46.8 Å². The van der Waals surface area contributed by atoms with E-state index < -0.39 is 0 Å². The van der Waals surface area contributed by atoms with Gasteiger partial charge in [-0.1, -0.05) is 23.7 Å². The van der Waals surface area contributed by atoms with E-state index in [1.54, 1.807) is 19.4 Å². The van der Waals surface area contributed by atoms with E-state index in [9.17, 15) is 4.79 Å². The molecule has 0 aliphatic heterocycles. The van der Waals surface area contributed by atoms with Crippen LogP contribution in [0.4, 0.5) is 0 Å². The highest BCUT2D eigenvalue weighted by atomic mass is 35.5. The van der Waals surface area contributed by atoms with Crippen LogP contribution in [0.1, 0.15) is 26.3 Å². The molecule has 158 valence electrons. The summed E-state index contributed by atoms with van der Waals surface area (Å²) >= 11 is 6.02. The first-order chi connectivity index (χ1) is 14.4. The van der Waals surface area contributed by atoms with E-state index in [1.807, 2.05) is 57.2 Å². The SMILES string of the molecule is CCOc1cc2occ(-c3ccc(Cl)cc3)c2cc1/C(C)=C/C(=O)NC(C)COC. The van der Waals surface area contributed by atoms with Crippen LogP contribution >= 0.6 is 11.6 Å². The van der Waals surface area contributed by atoms with Crippen LogP contribution in [0.25, 0.3) is 27.7 Å². The van der Waals surface area contributed by atoms with Gasteiger partial charge in [-0.25, -0.2) is 0 Å². The summed E-state index contributed by atoms with van der Waals surface area (Å²) in [5, 5.41) is 4.52. The lowest BCUT2D eigenvalue weighted by Crippen LogP contribution is -2.34. The van der Waals surface area contributed by atoms with Crippen molar-refractivity contribution >= 4 is 34.1 Å². The third kappa shape index (κ3) is 5.04. The summed E-state index contributed by atoms with van der Waals surface area (Å²) in [5.74, 6) is 0.498. The summed E-state index contributed by atoms with van der Waals surface area (Å²) in [6.45, 7) is 6.67. The molecule has 3 rings (SSSR count). The fourth-order valence-electron chi connectivity index (χ4n) is 3.34. The number of carbonyl (C=O) groups excluding carboxylic acids is 1. The Balaban J connectivity index is 2.02. The summed E-state index contributed by atoms with van der Waals surface area (Å²) in [5.41, 5.74) is 4.32. The normalized spacial score (nSPS) is 12.8. The Morgan fingerprint density at radius 1 is 1.27 bits per heavy atom. The van der Waals surface area contributed by atoms with Crippen LogP contribution < -0.4 is 10.1 Å². The quantitative estimate of drug-likeness (QED) is 0.468. The molecule has 0 aliphatic rings. The molecule has 1 aromatic heterocycles. The van der Waals surface area contributed by atoms with Gasteiger partial charge in [0.2, 0.25) is 5.91 Å². The van der Waals surface area contributed by atoms with Crippen molar-refractivity contribution in [3.63, 3.8) is 0 Å². The lowest BCUT2D eigenvalue weighted by atomic mass is 9.99. The second-order valence-electron chi connectivity index (χ2n) is 7.13.